The van der Waals surface area contributed by atoms with E-state index < -0.39 is 5.97 Å². The van der Waals surface area contributed by atoms with Crippen LogP contribution in [-0.4, -0.2) is 22.1 Å². The number of halogens is 1. The zero-order valence-electron chi connectivity index (χ0n) is 10.8. The molecule has 0 atom stereocenters. The zero-order valence-corrected chi connectivity index (χ0v) is 12.4. The number of hydrogen-bond donors (Lipinski definition) is 3. The number of carbonyl (C=O) groups excluding carboxylic acids is 1. The Labute approximate surface area is 129 Å². The number of phenols is 1. The number of nitrogens with one attached hydrogen (secondary N) is 1. The Morgan fingerprint density at radius 3 is 2.52 bits per heavy atom. The van der Waals surface area contributed by atoms with Gasteiger partial charge in [0, 0.05) is 12.1 Å². The first kappa shape index (κ1) is 15.1. The molecule has 21 heavy (non-hydrogen) atoms. The van der Waals surface area contributed by atoms with Gasteiger partial charge < -0.3 is 15.5 Å². The maximum atomic E-state index is 11.9. The standard InChI is InChI=1S/C15H12BrNO4/c16-12-5-4-10(7-13(12)18)14(19)17-8-9-2-1-3-11(6-9)15(20)21/h1-7,18H,8H2,(H,17,19)(H,20,21). The average Bonchev–Trinajstić information content (AvgIpc) is 2.48. The summed E-state index contributed by atoms with van der Waals surface area (Å²) in [5.74, 6) is -1.38. The Morgan fingerprint density at radius 1 is 1.10 bits per heavy atom. The van der Waals surface area contributed by atoms with Crippen LogP contribution in [0.3, 0.4) is 0 Å². The molecule has 0 saturated carbocycles. The molecule has 0 radical (unpaired) electrons. The van der Waals surface area contributed by atoms with Crippen molar-refractivity contribution < 1.29 is 19.8 Å². The zero-order chi connectivity index (χ0) is 15.4. The quantitative estimate of drug-likeness (QED) is 0.791. The third kappa shape index (κ3) is 3.82. The Hall–Kier alpha value is -2.34. The number of amides is 1. The summed E-state index contributed by atoms with van der Waals surface area (Å²) in [4.78, 5) is 22.8. The molecular formula is C15H12BrNO4. The summed E-state index contributed by atoms with van der Waals surface area (Å²) >= 11 is 3.14. The van der Waals surface area contributed by atoms with Crippen LogP contribution in [0.25, 0.3) is 0 Å². The summed E-state index contributed by atoms with van der Waals surface area (Å²) in [5.41, 5.74) is 1.18. The summed E-state index contributed by atoms with van der Waals surface area (Å²) < 4.78 is 0.508. The van der Waals surface area contributed by atoms with E-state index in [-0.39, 0.29) is 23.8 Å². The Kier molecular flexibility index (Phi) is 4.59. The highest BCUT2D eigenvalue weighted by Crippen LogP contribution is 2.24. The highest BCUT2D eigenvalue weighted by Gasteiger charge is 2.09. The molecule has 2 aromatic rings. The van der Waals surface area contributed by atoms with Gasteiger partial charge in [-0.15, -0.1) is 0 Å². The molecule has 2 rings (SSSR count). The van der Waals surface area contributed by atoms with E-state index in [1.54, 1.807) is 24.3 Å². The van der Waals surface area contributed by atoms with Crippen molar-refractivity contribution in [3.05, 3.63) is 63.6 Å². The normalized spacial score (nSPS) is 10.1. The maximum absolute atomic E-state index is 11.9. The van der Waals surface area contributed by atoms with E-state index in [1.807, 2.05) is 0 Å². The molecule has 3 N–H and O–H groups in total. The SMILES string of the molecule is O=C(O)c1cccc(CNC(=O)c2ccc(Br)c(O)c2)c1. The second-order valence-corrected chi connectivity index (χ2v) is 5.21. The first-order chi connectivity index (χ1) is 9.97. The molecule has 6 heteroatoms. The molecule has 0 heterocycles. The molecule has 0 unspecified atom stereocenters. The van der Waals surface area contributed by atoms with Gasteiger partial charge in [-0.3, -0.25) is 4.79 Å². The van der Waals surface area contributed by atoms with Crippen molar-refractivity contribution in [3.63, 3.8) is 0 Å². The first-order valence-corrected chi connectivity index (χ1v) is 6.85. The smallest absolute Gasteiger partial charge is 0.335 e. The van der Waals surface area contributed by atoms with E-state index >= 15 is 0 Å². The second-order valence-electron chi connectivity index (χ2n) is 4.35. The minimum Gasteiger partial charge on any atom is -0.507 e. The number of hydrogen-bond acceptors (Lipinski definition) is 3. The summed E-state index contributed by atoms with van der Waals surface area (Å²) in [5, 5.41) is 21.1. The highest BCUT2D eigenvalue weighted by molar-refractivity contribution is 9.10. The van der Waals surface area contributed by atoms with Crippen LogP contribution in [0.5, 0.6) is 5.75 Å². The number of aromatic carboxylic acids is 1. The van der Waals surface area contributed by atoms with Crippen molar-refractivity contribution in [1.82, 2.24) is 5.32 Å². The number of carboxylic acids is 1. The van der Waals surface area contributed by atoms with Gasteiger partial charge in [0.05, 0.1) is 10.0 Å². The van der Waals surface area contributed by atoms with Crippen molar-refractivity contribution in [2.75, 3.05) is 0 Å². The van der Waals surface area contributed by atoms with Gasteiger partial charge in [-0.2, -0.15) is 0 Å². The third-order valence-corrected chi connectivity index (χ3v) is 3.51. The minimum absolute atomic E-state index is 0.0180. The van der Waals surface area contributed by atoms with Gasteiger partial charge in [-0.25, -0.2) is 4.79 Å². The van der Waals surface area contributed by atoms with Gasteiger partial charge in [-0.1, -0.05) is 12.1 Å². The van der Waals surface area contributed by atoms with Crippen molar-refractivity contribution in [3.8, 4) is 5.75 Å². The summed E-state index contributed by atoms with van der Waals surface area (Å²) in [7, 11) is 0. The van der Waals surface area contributed by atoms with E-state index in [4.69, 9.17) is 5.11 Å². The second kappa shape index (κ2) is 6.41. The number of carboxylic acid groups (broad SMARTS) is 1. The van der Waals surface area contributed by atoms with Gasteiger partial charge in [0.25, 0.3) is 5.91 Å². The van der Waals surface area contributed by atoms with E-state index in [0.29, 0.717) is 15.6 Å². The van der Waals surface area contributed by atoms with Crippen LogP contribution in [0, 0.1) is 0 Å². The summed E-state index contributed by atoms with van der Waals surface area (Å²) in [6, 6.07) is 10.8. The summed E-state index contributed by atoms with van der Waals surface area (Å²) in [6.07, 6.45) is 0. The molecule has 0 spiro atoms. The maximum Gasteiger partial charge on any atom is 0.335 e. The van der Waals surface area contributed by atoms with E-state index in [9.17, 15) is 14.7 Å². The highest BCUT2D eigenvalue weighted by atomic mass is 79.9. The lowest BCUT2D eigenvalue weighted by Gasteiger charge is -2.07. The lowest BCUT2D eigenvalue weighted by atomic mass is 10.1. The lowest BCUT2D eigenvalue weighted by molar-refractivity contribution is 0.0696. The predicted octanol–water partition coefficient (Wildman–Crippen LogP) is 2.78. The van der Waals surface area contributed by atoms with E-state index in [2.05, 4.69) is 21.2 Å². The molecule has 108 valence electrons. The molecule has 0 aromatic heterocycles. The molecule has 0 fully saturated rings. The molecule has 0 aliphatic rings. The van der Waals surface area contributed by atoms with Crippen LogP contribution in [-0.2, 0) is 6.54 Å². The third-order valence-electron chi connectivity index (χ3n) is 2.84. The van der Waals surface area contributed by atoms with Gasteiger partial charge >= 0.3 is 5.97 Å². The molecule has 0 bridgehead atoms. The predicted molar refractivity (Wildman–Crippen MR) is 80.4 cm³/mol. The number of aromatic hydroxyl groups is 1. The van der Waals surface area contributed by atoms with Crippen LogP contribution in [0.1, 0.15) is 26.3 Å². The van der Waals surface area contributed by atoms with Crippen LogP contribution in [0.15, 0.2) is 46.9 Å². The van der Waals surface area contributed by atoms with Gasteiger partial charge in [0.1, 0.15) is 5.75 Å². The molecule has 5 nitrogen and oxygen atoms in total. The first-order valence-electron chi connectivity index (χ1n) is 6.06. The largest absolute Gasteiger partial charge is 0.507 e. The monoisotopic (exact) mass is 349 g/mol. The number of carbonyl (C=O) groups is 2. The Bertz CT molecular complexity index is 700. The molecule has 1 amide bonds. The van der Waals surface area contributed by atoms with E-state index in [1.165, 1.54) is 18.2 Å². The molecule has 0 saturated heterocycles. The van der Waals surface area contributed by atoms with Crippen molar-refractivity contribution in [1.29, 1.82) is 0 Å². The van der Waals surface area contributed by atoms with Crippen LogP contribution < -0.4 is 5.32 Å². The molecular weight excluding hydrogens is 338 g/mol. The Balaban J connectivity index is 2.05. The van der Waals surface area contributed by atoms with Gasteiger partial charge in [0.15, 0.2) is 0 Å². The van der Waals surface area contributed by atoms with Crippen molar-refractivity contribution in [2.45, 2.75) is 6.54 Å². The molecule has 0 aliphatic carbocycles. The average molecular weight is 350 g/mol. The van der Waals surface area contributed by atoms with Crippen LogP contribution in [0.4, 0.5) is 0 Å². The van der Waals surface area contributed by atoms with Gasteiger partial charge in [-0.05, 0) is 51.8 Å². The van der Waals surface area contributed by atoms with Crippen molar-refractivity contribution in [2.24, 2.45) is 0 Å². The molecule has 2 aromatic carbocycles. The van der Waals surface area contributed by atoms with E-state index in [0.717, 1.165) is 0 Å². The summed E-state index contributed by atoms with van der Waals surface area (Å²) in [6.45, 7) is 0.205. The molecule has 0 aliphatic heterocycles. The van der Waals surface area contributed by atoms with Crippen LogP contribution >= 0.6 is 15.9 Å². The van der Waals surface area contributed by atoms with Gasteiger partial charge in [0.2, 0.25) is 0 Å². The number of benzene rings is 2. The fourth-order valence-electron chi connectivity index (χ4n) is 1.75. The number of rotatable bonds is 4. The van der Waals surface area contributed by atoms with Crippen LogP contribution in [0.2, 0.25) is 0 Å². The Morgan fingerprint density at radius 2 is 1.86 bits per heavy atom. The fourth-order valence-corrected chi connectivity index (χ4v) is 2.00. The topological polar surface area (TPSA) is 86.6 Å². The lowest BCUT2D eigenvalue weighted by Crippen LogP contribution is -2.22. The number of phenolic OH excluding ortho intramolecular Hbond substituents is 1. The fraction of sp³-hybridized carbons (Fsp3) is 0.0667. The minimum atomic E-state index is -1.01. The van der Waals surface area contributed by atoms with Crippen molar-refractivity contribution >= 4 is 27.8 Å².